The quantitative estimate of drug-likeness (QED) is 0.292. The highest BCUT2D eigenvalue weighted by molar-refractivity contribution is 5.99. The van der Waals surface area contributed by atoms with Gasteiger partial charge in [0.15, 0.2) is 0 Å². The Morgan fingerprint density at radius 1 is 0.860 bits per heavy atom. The SMILES string of the molecule is COC(=O)[C@H](Cc1cn(C(=O)OC(C)(C)C)c2cccc(/C=C/C(C)(C)O)c12)N(C(=O)OC(C)(C)C)C(=O)OC(C)(C)C. The number of benzene rings is 1. The zero-order valence-corrected chi connectivity index (χ0v) is 27.4. The van der Waals surface area contributed by atoms with Crippen LogP contribution < -0.4 is 0 Å². The van der Waals surface area contributed by atoms with Gasteiger partial charge in [0.1, 0.15) is 22.8 Å². The molecular weight excluding hydrogens is 556 g/mol. The average molecular weight is 603 g/mol. The zero-order chi connectivity index (χ0) is 33.1. The number of ether oxygens (including phenoxy) is 4. The fourth-order valence-electron chi connectivity index (χ4n) is 4.02. The van der Waals surface area contributed by atoms with Gasteiger partial charge in [0.05, 0.1) is 18.2 Å². The molecule has 0 unspecified atom stereocenters. The molecule has 0 spiro atoms. The van der Waals surface area contributed by atoms with E-state index < -0.39 is 52.7 Å². The number of aromatic nitrogens is 1. The van der Waals surface area contributed by atoms with Crippen molar-refractivity contribution in [1.82, 2.24) is 9.47 Å². The van der Waals surface area contributed by atoms with Crippen LogP contribution in [-0.2, 0) is 30.2 Å². The molecule has 0 aliphatic heterocycles. The fourth-order valence-corrected chi connectivity index (χ4v) is 4.02. The fraction of sp³-hybridized carbons (Fsp3) is 0.562. The third kappa shape index (κ3) is 10.4. The number of carbonyl (C=O) groups is 4. The maximum Gasteiger partial charge on any atom is 0.420 e. The standard InChI is InChI=1S/C32H46N2O9/c1-29(2,3)41-26(36)33-19-21(24-20(14-13-15-22(24)33)16-17-32(10,11)39)18-23(25(35)40-12)34(27(37)42-30(4,5)6)28(38)43-31(7,8)9/h13-17,19,23,39H,18H2,1-12H3/b17-16+/t23-/m0/s1. The number of fused-ring (bicyclic) bond motifs is 1. The first-order valence-electron chi connectivity index (χ1n) is 14.0. The molecule has 0 aliphatic rings. The summed E-state index contributed by atoms with van der Waals surface area (Å²) in [5.41, 5.74) is -2.46. The molecule has 1 aromatic heterocycles. The number of rotatable bonds is 6. The van der Waals surface area contributed by atoms with Crippen molar-refractivity contribution in [1.29, 1.82) is 0 Å². The second kappa shape index (κ2) is 12.8. The normalized spacial score (nSPS) is 13.5. The number of hydrogen-bond donors (Lipinski definition) is 1. The van der Waals surface area contributed by atoms with Crippen molar-refractivity contribution in [3.63, 3.8) is 0 Å². The van der Waals surface area contributed by atoms with Gasteiger partial charge in [0, 0.05) is 18.0 Å². The number of amides is 2. The van der Waals surface area contributed by atoms with Gasteiger partial charge < -0.3 is 24.1 Å². The van der Waals surface area contributed by atoms with Gasteiger partial charge in [-0.1, -0.05) is 24.3 Å². The zero-order valence-electron chi connectivity index (χ0n) is 27.4. The molecule has 0 saturated heterocycles. The highest BCUT2D eigenvalue weighted by Crippen LogP contribution is 2.31. The molecule has 2 rings (SSSR count). The number of hydrogen-bond acceptors (Lipinski definition) is 9. The largest absolute Gasteiger partial charge is 0.467 e. The molecule has 1 N–H and O–H groups in total. The summed E-state index contributed by atoms with van der Waals surface area (Å²) < 4.78 is 23.0. The van der Waals surface area contributed by atoms with Gasteiger partial charge in [-0.2, -0.15) is 4.90 Å². The van der Waals surface area contributed by atoms with Crippen molar-refractivity contribution in [3.8, 4) is 0 Å². The molecule has 0 bridgehead atoms. The van der Waals surface area contributed by atoms with Crippen LogP contribution in [0.2, 0.25) is 0 Å². The van der Waals surface area contributed by atoms with Crippen molar-refractivity contribution in [2.75, 3.05) is 7.11 Å². The van der Waals surface area contributed by atoms with E-state index >= 15 is 0 Å². The van der Waals surface area contributed by atoms with Crippen molar-refractivity contribution in [2.24, 2.45) is 0 Å². The van der Waals surface area contributed by atoms with E-state index in [0.29, 0.717) is 26.9 Å². The first kappa shape index (κ1) is 35.3. The van der Waals surface area contributed by atoms with Crippen LogP contribution in [0.4, 0.5) is 14.4 Å². The highest BCUT2D eigenvalue weighted by Gasteiger charge is 2.41. The Morgan fingerprint density at radius 2 is 1.37 bits per heavy atom. The van der Waals surface area contributed by atoms with Crippen molar-refractivity contribution >= 4 is 41.2 Å². The Morgan fingerprint density at radius 3 is 1.81 bits per heavy atom. The predicted molar refractivity (Wildman–Crippen MR) is 163 cm³/mol. The molecule has 1 heterocycles. The summed E-state index contributed by atoms with van der Waals surface area (Å²) in [6.07, 6.45) is 1.65. The Balaban J connectivity index is 2.84. The summed E-state index contributed by atoms with van der Waals surface area (Å²) >= 11 is 0. The van der Waals surface area contributed by atoms with Crippen LogP contribution in [0.3, 0.4) is 0 Å². The van der Waals surface area contributed by atoms with Crippen LogP contribution in [0.25, 0.3) is 17.0 Å². The van der Waals surface area contributed by atoms with Crippen LogP contribution in [-0.4, -0.2) is 74.4 Å². The van der Waals surface area contributed by atoms with Gasteiger partial charge in [-0.25, -0.2) is 19.2 Å². The molecule has 11 heteroatoms. The van der Waals surface area contributed by atoms with Gasteiger partial charge in [0.2, 0.25) is 0 Å². The lowest BCUT2D eigenvalue weighted by atomic mass is 9.99. The van der Waals surface area contributed by atoms with E-state index in [4.69, 9.17) is 18.9 Å². The van der Waals surface area contributed by atoms with E-state index in [2.05, 4.69) is 0 Å². The highest BCUT2D eigenvalue weighted by atomic mass is 16.6. The number of esters is 1. The van der Waals surface area contributed by atoms with E-state index in [1.807, 2.05) is 0 Å². The van der Waals surface area contributed by atoms with Crippen LogP contribution >= 0.6 is 0 Å². The van der Waals surface area contributed by atoms with Gasteiger partial charge >= 0.3 is 24.2 Å². The molecule has 238 valence electrons. The molecule has 0 aliphatic carbocycles. The molecule has 11 nitrogen and oxygen atoms in total. The topological polar surface area (TPSA) is 134 Å². The van der Waals surface area contributed by atoms with E-state index in [1.165, 1.54) is 10.8 Å². The molecule has 1 aromatic carbocycles. The number of methoxy groups -OCH3 is 1. The van der Waals surface area contributed by atoms with E-state index in [1.54, 1.807) is 107 Å². The minimum absolute atomic E-state index is 0.259. The summed E-state index contributed by atoms with van der Waals surface area (Å²) in [7, 11) is 1.14. The average Bonchev–Trinajstić information content (AvgIpc) is 3.17. The maximum absolute atomic E-state index is 13.4. The van der Waals surface area contributed by atoms with Gasteiger partial charge in [0.25, 0.3) is 0 Å². The summed E-state index contributed by atoms with van der Waals surface area (Å²) in [5, 5.41) is 10.9. The van der Waals surface area contributed by atoms with Crippen LogP contribution in [0.5, 0.6) is 0 Å². The molecular formula is C32H46N2O9. The summed E-state index contributed by atoms with van der Waals surface area (Å²) in [5.74, 6) is -0.903. The Kier molecular flexibility index (Phi) is 10.5. The lowest BCUT2D eigenvalue weighted by Crippen LogP contribution is -2.53. The van der Waals surface area contributed by atoms with E-state index in [0.717, 1.165) is 7.11 Å². The van der Waals surface area contributed by atoms with Gasteiger partial charge in [-0.05, 0) is 93.4 Å². The van der Waals surface area contributed by atoms with Gasteiger partial charge in [-0.3, -0.25) is 4.57 Å². The molecule has 0 radical (unpaired) electrons. The second-order valence-electron chi connectivity index (χ2n) is 13.8. The second-order valence-corrected chi connectivity index (χ2v) is 13.8. The van der Waals surface area contributed by atoms with Crippen molar-refractivity contribution < 1.29 is 43.2 Å². The lowest BCUT2D eigenvalue weighted by molar-refractivity contribution is -0.146. The monoisotopic (exact) mass is 602 g/mol. The Labute approximate surface area is 253 Å². The summed E-state index contributed by atoms with van der Waals surface area (Å²) in [6, 6.07) is 3.69. The smallest absolute Gasteiger partial charge is 0.420 e. The van der Waals surface area contributed by atoms with Crippen LogP contribution in [0, 0.1) is 0 Å². The maximum atomic E-state index is 13.4. The first-order chi connectivity index (χ1) is 19.4. The van der Waals surface area contributed by atoms with Gasteiger partial charge in [-0.15, -0.1) is 0 Å². The van der Waals surface area contributed by atoms with Crippen LogP contribution in [0.1, 0.15) is 87.3 Å². The molecule has 0 saturated carbocycles. The summed E-state index contributed by atoms with van der Waals surface area (Å²) in [4.78, 5) is 54.0. The van der Waals surface area contributed by atoms with E-state index in [-0.39, 0.29) is 6.42 Å². The molecule has 0 fully saturated rings. The number of imide groups is 1. The number of aliphatic hydroxyl groups is 1. The predicted octanol–water partition coefficient (Wildman–Crippen LogP) is 6.46. The van der Waals surface area contributed by atoms with Crippen molar-refractivity contribution in [3.05, 3.63) is 41.6 Å². The Bertz CT molecular complexity index is 1350. The van der Waals surface area contributed by atoms with Crippen molar-refractivity contribution in [2.45, 2.75) is 111 Å². The molecule has 2 aromatic rings. The minimum atomic E-state index is -1.53. The minimum Gasteiger partial charge on any atom is -0.467 e. The van der Waals surface area contributed by atoms with Crippen LogP contribution in [0.15, 0.2) is 30.5 Å². The summed E-state index contributed by atoms with van der Waals surface area (Å²) in [6.45, 7) is 18.2. The molecule has 43 heavy (non-hydrogen) atoms. The van der Waals surface area contributed by atoms with E-state index in [9.17, 15) is 24.3 Å². The third-order valence-electron chi connectivity index (χ3n) is 5.58. The number of nitrogens with zero attached hydrogens (tertiary/aromatic N) is 2. The first-order valence-corrected chi connectivity index (χ1v) is 14.0. The molecule has 2 amide bonds. The Hall–Kier alpha value is -3.86. The number of carbonyl (C=O) groups excluding carboxylic acids is 4. The lowest BCUT2D eigenvalue weighted by Gasteiger charge is -2.32. The molecule has 1 atom stereocenters. The third-order valence-corrected chi connectivity index (χ3v) is 5.58.